The average molecular weight is 268 g/mol. The van der Waals surface area contributed by atoms with Crippen LogP contribution >= 0.6 is 0 Å². The molecule has 3 nitrogen and oxygen atoms in total. The summed E-state index contributed by atoms with van der Waals surface area (Å²) in [5.74, 6) is 0. The van der Waals surface area contributed by atoms with E-state index in [0.29, 0.717) is 18.6 Å². The first-order chi connectivity index (χ1) is 8.46. The maximum atomic E-state index is 11.9. The van der Waals surface area contributed by atoms with E-state index >= 15 is 0 Å². The van der Waals surface area contributed by atoms with Crippen LogP contribution in [0.15, 0.2) is 0 Å². The van der Waals surface area contributed by atoms with Gasteiger partial charge in [0.1, 0.15) is 0 Å². The van der Waals surface area contributed by atoms with Crippen molar-refractivity contribution in [2.45, 2.75) is 51.6 Å². The van der Waals surface area contributed by atoms with E-state index in [0.717, 1.165) is 32.4 Å². The molecule has 0 bridgehead atoms. The Labute approximate surface area is 107 Å². The number of nitrogens with zero attached hydrogens (tertiary/aromatic N) is 1. The second-order valence-corrected chi connectivity index (χ2v) is 4.75. The lowest BCUT2D eigenvalue weighted by Crippen LogP contribution is -2.56. The number of halogens is 3. The molecule has 1 fully saturated rings. The SMILES string of the molecule is CCCC1CNC(CC)CN1CCOC(F)(F)F. The Morgan fingerprint density at radius 3 is 2.61 bits per heavy atom. The lowest BCUT2D eigenvalue weighted by atomic mass is 10.0. The van der Waals surface area contributed by atoms with Crippen LogP contribution in [-0.4, -0.2) is 49.6 Å². The van der Waals surface area contributed by atoms with Gasteiger partial charge in [0.25, 0.3) is 0 Å². The molecule has 1 saturated heterocycles. The molecule has 18 heavy (non-hydrogen) atoms. The second-order valence-electron chi connectivity index (χ2n) is 4.75. The fourth-order valence-corrected chi connectivity index (χ4v) is 2.37. The first-order valence-corrected chi connectivity index (χ1v) is 6.64. The molecule has 0 aromatic carbocycles. The summed E-state index contributed by atoms with van der Waals surface area (Å²) in [6, 6.07) is 0.707. The van der Waals surface area contributed by atoms with Crippen molar-refractivity contribution in [3.8, 4) is 0 Å². The molecule has 2 atom stereocenters. The van der Waals surface area contributed by atoms with Crippen LogP contribution in [-0.2, 0) is 4.74 Å². The number of piperazine rings is 1. The van der Waals surface area contributed by atoms with Gasteiger partial charge in [0.2, 0.25) is 0 Å². The van der Waals surface area contributed by atoms with Gasteiger partial charge in [-0.05, 0) is 12.8 Å². The molecule has 1 rings (SSSR count). The number of hydrogen-bond donors (Lipinski definition) is 1. The van der Waals surface area contributed by atoms with Gasteiger partial charge in [-0.15, -0.1) is 13.2 Å². The van der Waals surface area contributed by atoms with Gasteiger partial charge in [-0.1, -0.05) is 20.3 Å². The molecule has 0 amide bonds. The predicted molar refractivity (Wildman–Crippen MR) is 64.4 cm³/mol. The Morgan fingerprint density at radius 1 is 1.33 bits per heavy atom. The number of rotatable bonds is 6. The van der Waals surface area contributed by atoms with Crippen LogP contribution in [0.4, 0.5) is 13.2 Å². The Balaban J connectivity index is 2.40. The highest BCUT2D eigenvalue weighted by atomic mass is 19.4. The van der Waals surface area contributed by atoms with E-state index in [1.54, 1.807) is 0 Å². The number of hydrogen-bond acceptors (Lipinski definition) is 3. The lowest BCUT2D eigenvalue weighted by Gasteiger charge is -2.40. The van der Waals surface area contributed by atoms with Crippen LogP contribution in [0.1, 0.15) is 33.1 Å². The van der Waals surface area contributed by atoms with Crippen LogP contribution in [0.5, 0.6) is 0 Å². The summed E-state index contributed by atoms with van der Waals surface area (Å²) in [6.07, 6.45) is -1.47. The first kappa shape index (κ1) is 15.7. The molecule has 1 heterocycles. The van der Waals surface area contributed by atoms with Crippen molar-refractivity contribution in [2.75, 3.05) is 26.2 Å². The molecule has 1 aliphatic heterocycles. The van der Waals surface area contributed by atoms with Crippen LogP contribution in [0.25, 0.3) is 0 Å². The number of nitrogens with one attached hydrogen (secondary N) is 1. The van der Waals surface area contributed by atoms with Crippen molar-refractivity contribution in [1.29, 1.82) is 0 Å². The Hall–Kier alpha value is -0.330. The van der Waals surface area contributed by atoms with E-state index in [4.69, 9.17) is 0 Å². The van der Waals surface area contributed by atoms with E-state index in [2.05, 4.69) is 28.8 Å². The second kappa shape index (κ2) is 7.31. The molecular weight excluding hydrogens is 245 g/mol. The third-order valence-electron chi connectivity index (χ3n) is 3.37. The van der Waals surface area contributed by atoms with Crippen molar-refractivity contribution >= 4 is 0 Å². The lowest BCUT2D eigenvalue weighted by molar-refractivity contribution is -0.325. The zero-order chi connectivity index (χ0) is 13.6. The largest absolute Gasteiger partial charge is 0.522 e. The highest BCUT2D eigenvalue weighted by molar-refractivity contribution is 4.85. The molecule has 2 unspecified atom stereocenters. The van der Waals surface area contributed by atoms with Crippen molar-refractivity contribution in [1.82, 2.24) is 10.2 Å². The minimum absolute atomic E-state index is 0.278. The fourth-order valence-electron chi connectivity index (χ4n) is 2.37. The fraction of sp³-hybridized carbons (Fsp3) is 1.00. The predicted octanol–water partition coefficient (Wildman–Crippen LogP) is 2.38. The molecular formula is C12H23F3N2O. The molecule has 0 spiro atoms. The van der Waals surface area contributed by atoms with Gasteiger partial charge < -0.3 is 5.32 Å². The third kappa shape index (κ3) is 5.54. The van der Waals surface area contributed by atoms with Crippen LogP contribution in [0.3, 0.4) is 0 Å². The molecule has 0 aliphatic carbocycles. The summed E-state index contributed by atoms with van der Waals surface area (Å²) in [4.78, 5) is 2.12. The Bertz CT molecular complexity index is 236. The topological polar surface area (TPSA) is 24.5 Å². The average Bonchev–Trinajstić information content (AvgIpc) is 2.30. The molecule has 0 aromatic rings. The molecule has 0 saturated carbocycles. The summed E-state index contributed by atoms with van der Waals surface area (Å²) in [6.45, 7) is 5.92. The number of ether oxygens (including phenoxy) is 1. The molecule has 0 radical (unpaired) electrons. The number of alkyl halides is 3. The molecule has 1 N–H and O–H groups in total. The Kier molecular flexibility index (Phi) is 6.38. The maximum Gasteiger partial charge on any atom is 0.522 e. The molecule has 6 heteroatoms. The minimum Gasteiger partial charge on any atom is -0.311 e. The summed E-state index contributed by atoms with van der Waals surface area (Å²) < 4.78 is 39.7. The normalized spacial score (nSPS) is 26.5. The Morgan fingerprint density at radius 2 is 2.06 bits per heavy atom. The third-order valence-corrected chi connectivity index (χ3v) is 3.37. The summed E-state index contributed by atoms with van der Waals surface area (Å²) in [5.41, 5.74) is 0. The van der Waals surface area contributed by atoms with E-state index in [1.165, 1.54) is 0 Å². The van der Waals surface area contributed by atoms with E-state index < -0.39 is 6.36 Å². The summed E-state index contributed by atoms with van der Waals surface area (Å²) >= 11 is 0. The maximum absolute atomic E-state index is 11.9. The van der Waals surface area contributed by atoms with Crippen LogP contribution < -0.4 is 5.32 Å². The smallest absolute Gasteiger partial charge is 0.311 e. The van der Waals surface area contributed by atoms with E-state index in [-0.39, 0.29) is 6.61 Å². The monoisotopic (exact) mass is 268 g/mol. The van der Waals surface area contributed by atoms with Gasteiger partial charge >= 0.3 is 6.36 Å². The van der Waals surface area contributed by atoms with Gasteiger partial charge in [0.05, 0.1) is 6.61 Å². The van der Waals surface area contributed by atoms with Gasteiger partial charge in [-0.3, -0.25) is 9.64 Å². The van der Waals surface area contributed by atoms with Crippen molar-refractivity contribution < 1.29 is 17.9 Å². The van der Waals surface area contributed by atoms with Gasteiger partial charge in [0, 0.05) is 31.7 Å². The summed E-state index contributed by atoms with van der Waals surface area (Å²) in [7, 11) is 0. The van der Waals surface area contributed by atoms with Gasteiger partial charge in [-0.25, -0.2) is 0 Å². The van der Waals surface area contributed by atoms with Crippen molar-refractivity contribution in [3.63, 3.8) is 0 Å². The summed E-state index contributed by atoms with van der Waals surface area (Å²) in [5, 5.41) is 3.44. The van der Waals surface area contributed by atoms with Crippen molar-refractivity contribution in [2.24, 2.45) is 0 Å². The van der Waals surface area contributed by atoms with Crippen molar-refractivity contribution in [3.05, 3.63) is 0 Å². The minimum atomic E-state index is -4.52. The first-order valence-electron chi connectivity index (χ1n) is 6.64. The van der Waals surface area contributed by atoms with Crippen LogP contribution in [0, 0.1) is 0 Å². The zero-order valence-corrected chi connectivity index (χ0v) is 11.1. The van der Waals surface area contributed by atoms with Crippen LogP contribution in [0.2, 0.25) is 0 Å². The molecule has 0 aromatic heterocycles. The van der Waals surface area contributed by atoms with Gasteiger partial charge in [-0.2, -0.15) is 0 Å². The highest BCUT2D eigenvalue weighted by Gasteiger charge is 2.31. The highest BCUT2D eigenvalue weighted by Crippen LogP contribution is 2.17. The standard InChI is InChI=1S/C12H23F3N2O/c1-3-5-11-8-16-10(4-2)9-17(11)6-7-18-12(13,14)15/h10-11,16H,3-9H2,1-2H3. The van der Waals surface area contributed by atoms with Gasteiger partial charge in [0.15, 0.2) is 0 Å². The zero-order valence-electron chi connectivity index (χ0n) is 11.1. The molecule has 1 aliphatic rings. The molecule has 108 valence electrons. The quantitative estimate of drug-likeness (QED) is 0.800. The van der Waals surface area contributed by atoms with E-state index in [9.17, 15) is 13.2 Å². The van der Waals surface area contributed by atoms with E-state index in [1.807, 2.05) is 0 Å².